The molecule has 3 rings (SSSR count). The highest BCUT2D eigenvalue weighted by atomic mass is 32.2. The molecule has 1 saturated heterocycles. The first-order valence-electron chi connectivity index (χ1n) is 7.14. The minimum Gasteiger partial charge on any atom is -0.361 e. The molecule has 1 aromatic carbocycles. The van der Waals surface area contributed by atoms with Gasteiger partial charge >= 0.3 is 0 Å². The SMILES string of the molecule is CS(=O)(=O)N1CCC(Cc2c[nH]c3cc(F)ccc23)CC1. The van der Waals surface area contributed by atoms with Gasteiger partial charge in [0.1, 0.15) is 5.82 Å². The summed E-state index contributed by atoms with van der Waals surface area (Å²) in [6.45, 7) is 1.20. The van der Waals surface area contributed by atoms with Crippen molar-refractivity contribution in [2.75, 3.05) is 19.3 Å². The number of rotatable bonds is 3. The highest BCUT2D eigenvalue weighted by Gasteiger charge is 2.25. The van der Waals surface area contributed by atoms with E-state index in [0.29, 0.717) is 19.0 Å². The van der Waals surface area contributed by atoms with E-state index in [-0.39, 0.29) is 5.82 Å². The zero-order chi connectivity index (χ0) is 15.0. The van der Waals surface area contributed by atoms with Gasteiger partial charge in [0.05, 0.1) is 6.26 Å². The molecule has 0 bridgehead atoms. The van der Waals surface area contributed by atoms with Crippen LogP contribution in [0.1, 0.15) is 18.4 Å². The molecule has 0 aliphatic carbocycles. The normalized spacial score (nSPS) is 18.4. The third kappa shape index (κ3) is 3.11. The van der Waals surface area contributed by atoms with Crippen LogP contribution in [-0.2, 0) is 16.4 Å². The summed E-state index contributed by atoms with van der Waals surface area (Å²) in [5.41, 5.74) is 2.00. The molecule has 2 heterocycles. The summed E-state index contributed by atoms with van der Waals surface area (Å²) in [7, 11) is -3.07. The van der Waals surface area contributed by atoms with Crippen molar-refractivity contribution in [1.82, 2.24) is 9.29 Å². The first-order valence-corrected chi connectivity index (χ1v) is 8.99. The quantitative estimate of drug-likeness (QED) is 0.947. The molecule has 0 saturated carbocycles. The van der Waals surface area contributed by atoms with E-state index in [1.165, 1.54) is 24.0 Å². The molecule has 1 fully saturated rings. The third-order valence-electron chi connectivity index (χ3n) is 4.28. The number of fused-ring (bicyclic) bond motifs is 1. The molecule has 1 N–H and O–H groups in total. The summed E-state index contributed by atoms with van der Waals surface area (Å²) in [5.74, 6) is 0.240. The van der Waals surface area contributed by atoms with E-state index >= 15 is 0 Å². The van der Waals surface area contributed by atoms with E-state index in [1.54, 1.807) is 4.31 Å². The maximum Gasteiger partial charge on any atom is 0.211 e. The lowest BCUT2D eigenvalue weighted by atomic mass is 9.91. The molecule has 2 aromatic rings. The number of benzene rings is 1. The molecule has 0 spiro atoms. The minimum absolute atomic E-state index is 0.239. The van der Waals surface area contributed by atoms with Crippen molar-refractivity contribution in [3.63, 3.8) is 0 Å². The molecule has 21 heavy (non-hydrogen) atoms. The Morgan fingerprint density at radius 1 is 1.33 bits per heavy atom. The number of hydrogen-bond acceptors (Lipinski definition) is 2. The molecule has 114 valence electrons. The Morgan fingerprint density at radius 2 is 2.05 bits per heavy atom. The number of hydrogen-bond donors (Lipinski definition) is 1. The molecule has 1 aliphatic rings. The Kier molecular flexibility index (Phi) is 3.75. The predicted octanol–water partition coefficient (Wildman–Crippen LogP) is 2.52. The van der Waals surface area contributed by atoms with Gasteiger partial charge in [0.25, 0.3) is 0 Å². The van der Waals surface area contributed by atoms with Crippen molar-refractivity contribution in [3.8, 4) is 0 Å². The number of nitrogens with one attached hydrogen (secondary N) is 1. The molecule has 0 amide bonds. The minimum atomic E-state index is -3.07. The van der Waals surface area contributed by atoms with Gasteiger partial charge in [0.2, 0.25) is 10.0 Å². The topological polar surface area (TPSA) is 53.2 Å². The average Bonchev–Trinajstić information content (AvgIpc) is 2.80. The van der Waals surface area contributed by atoms with Gasteiger partial charge in [-0.3, -0.25) is 0 Å². The van der Waals surface area contributed by atoms with Crippen molar-refractivity contribution in [2.24, 2.45) is 5.92 Å². The van der Waals surface area contributed by atoms with Crippen LogP contribution in [0.3, 0.4) is 0 Å². The number of H-pyrrole nitrogens is 1. The molecule has 4 nitrogen and oxygen atoms in total. The van der Waals surface area contributed by atoms with Gasteiger partial charge in [-0.2, -0.15) is 0 Å². The number of nitrogens with zero attached hydrogens (tertiary/aromatic N) is 1. The lowest BCUT2D eigenvalue weighted by Crippen LogP contribution is -2.38. The van der Waals surface area contributed by atoms with Crippen molar-refractivity contribution in [3.05, 3.63) is 35.8 Å². The second kappa shape index (κ2) is 5.42. The lowest BCUT2D eigenvalue weighted by molar-refractivity contribution is 0.274. The number of aromatic amines is 1. The fourth-order valence-electron chi connectivity index (χ4n) is 3.08. The fourth-order valence-corrected chi connectivity index (χ4v) is 3.96. The van der Waals surface area contributed by atoms with Crippen LogP contribution >= 0.6 is 0 Å². The van der Waals surface area contributed by atoms with Gasteiger partial charge in [0, 0.05) is 30.2 Å². The molecule has 0 radical (unpaired) electrons. The average molecular weight is 310 g/mol. The zero-order valence-corrected chi connectivity index (χ0v) is 12.8. The number of aromatic nitrogens is 1. The summed E-state index contributed by atoms with van der Waals surface area (Å²) in [6, 6.07) is 4.79. The van der Waals surface area contributed by atoms with E-state index in [4.69, 9.17) is 0 Å². The summed E-state index contributed by atoms with van der Waals surface area (Å²) in [6.07, 6.45) is 5.86. The molecule has 1 aromatic heterocycles. The Hall–Kier alpha value is -1.40. The molecular formula is C15H19FN2O2S. The van der Waals surface area contributed by atoms with Gasteiger partial charge in [-0.05, 0) is 48.9 Å². The Labute approximate surface area is 124 Å². The van der Waals surface area contributed by atoms with Crippen LogP contribution in [0.15, 0.2) is 24.4 Å². The largest absolute Gasteiger partial charge is 0.361 e. The second-order valence-corrected chi connectivity index (χ2v) is 7.80. The van der Waals surface area contributed by atoms with Crippen LogP contribution < -0.4 is 0 Å². The van der Waals surface area contributed by atoms with Crippen LogP contribution in [0, 0.1) is 11.7 Å². The monoisotopic (exact) mass is 310 g/mol. The van der Waals surface area contributed by atoms with Crippen LogP contribution in [0.5, 0.6) is 0 Å². The van der Waals surface area contributed by atoms with Crippen LogP contribution in [0.25, 0.3) is 10.9 Å². The molecule has 6 heteroatoms. The Morgan fingerprint density at radius 3 is 2.71 bits per heavy atom. The van der Waals surface area contributed by atoms with E-state index in [2.05, 4.69) is 4.98 Å². The van der Waals surface area contributed by atoms with Crippen molar-refractivity contribution >= 4 is 20.9 Å². The van der Waals surface area contributed by atoms with Gasteiger partial charge in [-0.25, -0.2) is 17.1 Å². The number of sulfonamides is 1. The first-order chi connectivity index (χ1) is 9.93. The van der Waals surface area contributed by atoms with E-state index < -0.39 is 10.0 Å². The Balaban J connectivity index is 1.70. The fraction of sp³-hybridized carbons (Fsp3) is 0.467. The van der Waals surface area contributed by atoms with Crippen molar-refractivity contribution < 1.29 is 12.8 Å². The smallest absolute Gasteiger partial charge is 0.211 e. The summed E-state index contributed by atoms with van der Waals surface area (Å²) in [5, 5.41) is 1.06. The molecule has 1 aliphatic heterocycles. The predicted molar refractivity (Wildman–Crippen MR) is 81.1 cm³/mol. The molecular weight excluding hydrogens is 291 g/mol. The Bertz CT molecular complexity index is 746. The lowest BCUT2D eigenvalue weighted by Gasteiger charge is -2.30. The summed E-state index contributed by atoms with van der Waals surface area (Å²) in [4.78, 5) is 3.11. The van der Waals surface area contributed by atoms with Gasteiger partial charge in [-0.1, -0.05) is 0 Å². The summed E-state index contributed by atoms with van der Waals surface area (Å²) >= 11 is 0. The van der Waals surface area contributed by atoms with E-state index in [1.807, 2.05) is 12.3 Å². The highest BCUT2D eigenvalue weighted by Crippen LogP contribution is 2.27. The van der Waals surface area contributed by atoms with Gasteiger partial charge < -0.3 is 4.98 Å². The van der Waals surface area contributed by atoms with Crippen molar-refractivity contribution in [1.29, 1.82) is 0 Å². The van der Waals surface area contributed by atoms with Crippen LogP contribution in [-0.4, -0.2) is 37.1 Å². The standard InChI is InChI=1S/C15H19FN2O2S/c1-21(19,20)18-6-4-11(5-7-18)8-12-10-17-15-9-13(16)2-3-14(12)15/h2-3,9-11,17H,4-8H2,1H3. The molecule has 0 atom stereocenters. The maximum atomic E-state index is 13.2. The zero-order valence-electron chi connectivity index (χ0n) is 12.0. The third-order valence-corrected chi connectivity index (χ3v) is 5.58. The van der Waals surface area contributed by atoms with Gasteiger partial charge in [0.15, 0.2) is 0 Å². The number of halogens is 1. The van der Waals surface area contributed by atoms with Crippen LogP contribution in [0.2, 0.25) is 0 Å². The van der Waals surface area contributed by atoms with Crippen molar-refractivity contribution in [2.45, 2.75) is 19.3 Å². The van der Waals surface area contributed by atoms with E-state index in [9.17, 15) is 12.8 Å². The van der Waals surface area contributed by atoms with Crippen LogP contribution in [0.4, 0.5) is 4.39 Å². The first kappa shape index (κ1) is 14.5. The van der Waals surface area contributed by atoms with E-state index in [0.717, 1.165) is 30.2 Å². The second-order valence-electron chi connectivity index (χ2n) is 5.81. The number of piperidine rings is 1. The van der Waals surface area contributed by atoms with Gasteiger partial charge in [-0.15, -0.1) is 0 Å². The highest BCUT2D eigenvalue weighted by molar-refractivity contribution is 7.88. The summed E-state index contributed by atoms with van der Waals surface area (Å²) < 4.78 is 37.7. The molecule has 0 unspecified atom stereocenters. The maximum absolute atomic E-state index is 13.2.